The van der Waals surface area contributed by atoms with Crippen LogP contribution in [0.15, 0.2) is 54.1 Å². The molecule has 1 aliphatic heterocycles. The first kappa shape index (κ1) is 17.4. The van der Waals surface area contributed by atoms with Crippen molar-refractivity contribution in [2.75, 3.05) is 6.61 Å². The van der Waals surface area contributed by atoms with Crippen LogP contribution < -0.4 is 15.2 Å². The molecule has 1 aromatic carbocycles. The van der Waals surface area contributed by atoms with Crippen molar-refractivity contribution in [2.45, 2.75) is 12.8 Å². The van der Waals surface area contributed by atoms with Gasteiger partial charge < -0.3 is 20.3 Å². The second-order valence-corrected chi connectivity index (χ2v) is 6.12. The molecule has 1 aliphatic rings. The average Bonchev–Trinajstić information content (AvgIpc) is 3.13. The number of hydrogen-bond donors (Lipinski definition) is 3. The van der Waals surface area contributed by atoms with Gasteiger partial charge in [0.1, 0.15) is 11.6 Å². The van der Waals surface area contributed by atoms with Crippen molar-refractivity contribution in [3.63, 3.8) is 0 Å². The fourth-order valence-electron chi connectivity index (χ4n) is 3.27. The Labute approximate surface area is 160 Å². The smallest absolute Gasteiger partial charge is 0.244 e. The Bertz CT molecular complexity index is 1100. The maximum atomic E-state index is 10.0. The highest BCUT2D eigenvalue weighted by Gasteiger charge is 2.36. The zero-order valence-corrected chi connectivity index (χ0v) is 15.0. The van der Waals surface area contributed by atoms with Gasteiger partial charge in [-0.05, 0) is 36.8 Å². The lowest BCUT2D eigenvalue weighted by atomic mass is 9.83. The summed E-state index contributed by atoms with van der Waals surface area (Å²) in [6.07, 6.45) is 1.67. The standard InChI is InChI=1S/C20H17N5O3/c1-2-27-15-9-11(6-7-14(15)26)16-12(10-21)19(22)28-20-17(16)18(24-25-20)13-5-3-4-8-23-13/h3-9,16,26H,2,22H2,1H3,(H,24,25)/t16-/m0/s1. The number of rotatable bonds is 4. The number of hydrogen-bond acceptors (Lipinski definition) is 7. The quantitative estimate of drug-likeness (QED) is 0.639. The summed E-state index contributed by atoms with van der Waals surface area (Å²) in [5, 5.41) is 26.9. The van der Waals surface area contributed by atoms with E-state index in [0.717, 1.165) is 0 Å². The Balaban J connectivity index is 1.93. The molecular weight excluding hydrogens is 358 g/mol. The monoisotopic (exact) mass is 375 g/mol. The van der Waals surface area contributed by atoms with E-state index in [1.54, 1.807) is 18.3 Å². The number of aromatic nitrogens is 3. The molecule has 1 atom stereocenters. The number of nitrogens with one attached hydrogen (secondary N) is 1. The number of H-pyrrole nitrogens is 1. The van der Waals surface area contributed by atoms with Crippen LogP contribution in [0.5, 0.6) is 17.4 Å². The highest BCUT2D eigenvalue weighted by Crippen LogP contribution is 2.46. The van der Waals surface area contributed by atoms with Gasteiger partial charge in [-0.1, -0.05) is 12.1 Å². The molecular formula is C20H17N5O3. The number of aromatic hydroxyl groups is 1. The Morgan fingerprint density at radius 3 is 2.93 bits per heavy atom. The Kier molecular flexibility index (Phi) is 4.33. The summed E-state index contributed by atoms with van der Waals surface area (Å²) >= 11 is 0. The van der Waals surface area contributed by atoms with Crippen molar-refractivity contribution in [3.8, 4) is 34.8 Å². The molecule has 140 valence electrons. The molecule has 0 saturated heterocycles. The van der Waals surface area contributed by atoms with Gasteiger partial charge in [-0.15, -0.1) is 5.10 Å². The van der Waals surface area contributed by atoms with Gasteiger partial charge in [0.15, 0.2) is 11.5 Å². The predicted molar refractivity (Wildman–Crippen MR) is 100 cm³/mol. The molecule has 0 saturated carbocycles. The first-order chi connectivity index (χ1) is 13.6. The molecule has 0 radical (unpaired) electrons. The van der Waals surface area contributed by atoms with Crippen LogP contribution in [0, 0.1) is 11.3 Å². The van der Waals surface area contributed by atoms with Crippen LogP contribution in [0.3, 0.4) is 0 Å². The van der Waals surface area contributed by atoms with E-state index in [0.29, 0.717) is 34.9 Å². The van der Waals surface area contributed by atoms with E-state index < -0.39 is 5.92 Å². The van der Waals surface area contributed by atoms with Crippen molar-refractivity contribution in [3.05, 3.63) is 65.2 Å². The normalized spacial score (nSPS) is 15.5. The first-order valence-corrected chi connectivity index (χ1v) is 8.67. The fourth-order valence-corrected chi connectivity index (χ4v) is 3.27. The lowest BCUT2D eigenvalue weighted by Crippen LogP contribution is -2.21. The van der Waals surface area contributed by atoms with E-state index in [1.165, 1.54) is 6.07 Å². The summed E-state index contributed by atoms with van der Waals surface area (Å²) in [5.41, 5.74) is 8.89. The molecule has 0 unspecified atom stereocenters. The number of fused-ring (bicyclic) bond motifs is 1. The number of phenols is 1. The van der Waals surface area contributed by atoms with E-state index in [2.05, 4.69) is 21.3 Å². The van der Waals surface area contributed by atoms with Gasteiger partial charge >= 0.3 is 0 Å². The van der Waals surface area contributed by atoms with Crippen molar-refractivity contribution in [1.82, 2.24) is 15.2 Å². The maximum absolute atomic E-state index is 10.0. The molecule has 0 amide bonds. The van der Waals surface area contributed by atoms with Crippen molar-refractivity contribution < 1.29 is 14.6 Å². The van der Waals surface area contributed by atoms with Gasteiger partial charge in [0.25, 0.3) is 0 Å². The second kappa shape index (κ2) is 6.96. The van der Waals surface area contributed by atoms with E-state index in [1.807, 2.05) is 25.1 Å². The molecule has 4 rings (SSSR count). The van der Waals surface area contributed by atoms with Gasteiger partial charge in [-0.2, -0.15) is 5.26 Å². The topological polar surface area (TPSA) is 130 Å². The molecule has 8 heteroatoms. The molecule has 8 nitrogen and oxygen atoms in total. The number of aromatic amines is 1. The summed E-state index contributed by atoms with van der Waals surface area (Å²) in [4.78, 5) is 4.37. The molecule has 4 N–H and O–H groups in total. The van der Waals surface area contributed by atoms with Crippen LogP contribution in [0.2, 0.25) is 0 Å². The minimum absolute atomic E-state index is 0.00916. The highest BCUT2D eigenvalue weighted by atomic mass is 16.5. The Morgan fingerprint density at radius 2 is 2.21 bits per heavy atom. The van der Waals surface area contributed by atoms with Crippen LogP contribution >= 0.6 is 0 Å². The largest absolute Gasteiger partial charge is 0.504 e. The summed E-state index contributed by atoms with van der Waals surface area (Å²) in [5.74, 6) is 0.0693. The number of nitriles is 1. The number of phenolic OH excluding ortho intramolecular Hbond substituents is 1. The molecule has 2 aromatic heterocycles. The van der Waals surface area contributed by atoms with Gasteiger partial charge in [0.05, 0.1) is 29.5 Å². The van der Waals surface area contributed by atoms with Crippen molar-refractivity contribution in [1.29, 1.82) is 5.26 Å². The molecule has 3 heterocycles. The first-order valence-electron chi connectivity index (χ1n) is 8.67. The van der Waals surface area contributed by atoms with Crippen molar-refractivity contribution >= 4 is 0 Å². The van der Waals surface area contributed by atoms with Crippen molar-refractivity contribution in [2.24, 2.45) is 5.73 Å². The SMILES string of the molecule is CCOc1cc([C@H]2C(C#N)=C(N)Oc3n[nH]c(-c4ccccn4)c32)ccc1O. The molecule has 0 bridgehead atoms. The number of pyridine rings is 1. The molecule has 0 fully saturated rings. The Morgan fingerprint density at radius 1 is 1.36 bits per heavy atom. The van der Waals surface area contributed by atoms with E-state index >= 15 is 0 Å². The summed E-state index contributed by atoms with van der Waals surface area (Å²) in [6, 6.07) is 12.6. The molecule has 0 aliphatic carbocycles. The third-order valence-electron chi connectivity index (χ3n) is 4.48. The zero-order valence-electron chi connectivity index (χ0n) is 15.0. The molecule has 28 heavy (non-hydrogen) atoms. The summed E-state index contributed by atoms with van der Waals surface area (Å²) < 4.78 is 11.1. The minimum Gasteiger partial charge on any atom is -0.504 e. The minimum atomic E-state index is -0.552. The lowest BCUT2D eigenvalue weighted by Gasteiger charge is -2.24. The maximum Gasteiger partial charge on any atom is 0.244 e. The molecule has 3 aromatic rings. The number of benzene rings is 1. The van der Waals surface area contributed by atoms with E-state index in [4.69, 9.17) is 15.2 Å². The third-order valence-corrected chi connectivity index (χ3v) is 4.48. The Hall–Kier alpha value is -3.99. The van der Waals surface area contributed by atoms with Gasteiger partial charge in [-0.25, -0.2) is 0 Å². The van der Waals surface area contributed by atoms with Crippen LogP contribution in [0.25, 0.3) is 11.4 Å². The van der Waals surface area contributed by atoms with Crippen LogP contribution in [0.1, 0.15) is 24.0 Å². The highest BCUT2D eigenvalue weighted by molar-refractivity contribution is 5.68. The van der Waals surface area contributed by atoms with Gasteiger partial charge in [0, 0.05) is 6.20 Å². The number of ether oxygens (including phenoxy) is 2. The number of allylic oxidation sites excluding steroid dienone is 1. The zero-order chi connectivity index (χ0) is 19.7. The van der Waals surface area contributed by atoms with Gasteiger partial charge in [0.2, 0.25) is 11.8 Å². The molecule has 0 spiro atoms. The predicted octanol–water partition coefficient (Wildman–Crippen LogP) is 2.79. The third kappa shape index (κ3) is 2.79. The lowest BCUT2D eigenvalue weighted by molar-refractivity contribution is 0.317. The van der Waals surface area contributed by atoms with Crippen LogP contribution in [-0.4, -0.2) is 26.9 Å². The summed E-state index contributed by atoms with van der Waals surface area (Å²) in [7, 11) is 0. The van der Waals surface area contributed by atoms with E-state index in [-0.39, 0.29) is 23.1 Å². The van der Waals surface area contributed by atoms with Crippen LogP contribution in [0.4, 0.5) is 0 Å². The summed E-state index contributed by atoms with van der Waals surface area (Å²) in [6.45, 7) is 2.22. The second-order valence-electron chi connectivity index (χ2n) is 6.12. The fraction of sp³-hybridized carbons (Fsp3) is 0.150. The average molecular weight is 375 g/mol. The van der Waals surface area contributed by atoms with E-state index in [9.17, 15) is 10.4 Å². The van der Waals surface area contributed by atoms with Crippen LogP contribution in [-0.2, 0) is 0 Å². The van der Waals surface area contributed by atoms with Gasteiger partial charge in [-0.3, -0.25) is 10.1 Å². The number of nitrogens with zero attached hydrogens (tertiary/aromatic N) is 3. The number of nitrogens with two attached hydrogens (primary N) is 1.